The van der Waals surface area contributed by atoms with Gasteiger partial charge in [0.15, 0.2) is 0 Å². The third-order valence-corrected chi connectivity index (χ3v) is 3.85. The van der Waals surface area contributed by atoms with E-state index in [-0.39, 0.29) is 24.8 Å². The number of ether oxygens (including phenoxy) is 1. The van der Waals surface area contributed by atoms with Gasteiger partial charge < -0.3 is 15.4 Å². The Labute approximate surface area is 154 Å². The summed E-state index contributed by atoms with van der Waals surface area (Å²) in [6.45, 7) is 4.24. The van der Waals surface area contributed by atoms with Crippen LogP contribution in [0, 0.1) is 13.8 Å². The Balaban J connectivity index is 1.74. The predicted molar refractivity (Wildman–Crippen MR) is 104 cm³/mol. The summed E-state index contributed by atoms with van der Waals surface area (Å²) in [5.41, 5.74) is 3.86. The highest BCUT2D eigenvalue weighted by Gasteiger charge is 2.05. The van der Waals surface area contributed by atoms with Crippen molar-refractivity contribution >= 4 is 23.6 Å². The minimum Gasteiger partial charge on any atom is -0.497 e. The van der Waals surface area contributed by atoms with Crippen molar-refractivity contribution < 1.29 is 14.3 Å². The molecule has 0 atom stereocenters. The summed E-state index contributed by atoms with van der Waals surface area (Å²) in [5.74, 6) is 0.401. The maximum Gasteiger partial charge on any atom is 0.244 e. The van der Waals surface area contributed by atoms with E-state index in [2.05, 4.69) is 10.6 Å². The lowest BCUT2D eigenvalue weighted by Gasteiger charge is -2.09. The van der Waals surface area contributed by atoms with Crippen LogP contribution in [-0.2, 0) is 9.59 Å². The molecular weight excluding hydrogens is 328 g/mol. The van der Waals surface area contributed by atoms with Crippen LogP contribution in [0.2, 0.25) is 0 Å². The maximum absolute atomic E-state index is 12.0. The molecule has 2 amide bonds. The Morgan fingerprint density at radius 2 is 1.81 bits per heavy atom. The summed E-state index contributed by atoms with van der Waals surface area (Å²) >= 11 is 0. The standard InChI is InChI=1S/C21H24N2O3/c1-15-4-10-19(16(2)14-15)23-21(25)12-13-22-20(24)11-7-17-5-8-18(26-3)9-6-17/h4-11,14H,12-13H2,1-3H3,(H,22,24)(H,23,25). The average molecular weight is 352 g/mol. The summed E-state index contributed by atoms with van der Waals surface area (Å²) in [6, 6.07) is 13.2. The van der Waals surface area contributed by atoms with Crippen LogP contribution in [0.4, 0.5) is 5.69 Å². The van der Waals surface area contributed by atoms with Crippen molar-refractivity contribution in [1.29, 1.82) is 0 Å². The average Bonchev–Trinajstić information content (AvgIpc) is 2.63. The van der Waals surface area contributed by atoms with Crippen molar-refractivity contribution in [1.82, 2.24) is 5.32 Å². The van der Waals surface area contributed by atoms with Crippen LogP contribution in [0.3, 0.4) is 0 Å². The van der Waals surface area contributed by atoms with E-state index < -0.39 is 0 Å². The second kappa shape index (κ2) is 9.42. The van der Waals surface area contributed by atoms with Gasteiger partial charge in [-0.3, -0.25) is 9.59 Å². The van der Waals surface area contributed by atoms with Gasteiger partial charge >= 0.3 is 0 Å². The van der Waals surface area contributed by atoms with Gasteiger partial charge in [-0.1, -0.05) is 29.8 Å². The van der Waals surface area contributed by atoms with Crippen LogP contribution in [0.5, 0.6) is 5.75 Å². The minimum atomic E-state index is -0.236. The molecule has 2 rings (SSSR count). The zero-order chi connectivity index (χ0) is 18.9. The highest BCUT2D eigenvalue weighted by atomic mass is 16.5. The van der Waals surface area contributed by atoms with Crippen LogP contribution in [0.1, 0.15) is 23.1 Å². The first-order chi connectivity index (χ1) is 12.5. The summed E-state index contributed by atoms with van der Waals surface area (Å²) in [6.07, 6.45) is 3.38. The van der Waals surface area contributed by atoms with Crippen molar-refractivity contribution in [2.24, 2.45) is 0 Å². The molecule has 0 bridgehead atoms. The number of methoxy groups -OCH3 is 1. The van der Waals surface area contributed by atoms with Gasteiger partial charge in [0.05, 0.1) is 7.11 Å². The van der Waals surface area contributed by atoms with Crippen molar-refractivity contribution in [3.05, 3.63) is 65.2 Å². The van der Waals surface area contributed by atoms with Crippen molar-refractivity contribution in [2.75, 3.05) is 19.0 Å². The normalized spacial score (nSPS) is 10.6. The fourth-order valence-electron chi connectivity index (χ4n) is 2.41. The van der Waals surface area contributed by atoms with Crippen molar-refractivity contribution in [3.63, 3.8) is 0 Å². The molecule has 0 saturated carbocycles. The van der Waals surface area contributed by atoms with E-state index in [4.69, 9.17) is 4.74 Å². The van der Waals surface area contributed by atoms with Crippen LogP contribution >= 0.6 is 0 Å². The number of amides is 2. The number of carbonyl (C=O) groups excluding carboxylic acids is 2. The molecule has 0 aliphatic rings. The molecule has 0 aromatic heterocycles. The highest BCUT2D eigenvalue weighted by Crippen LogP contribution is 2.16. The van der Waals surface area contributed by atoms with Gasteiger partial charge in [0.25, 0.3) is 0 Å². The maximum atomic E-state index is 12.0. The third kappa shape index (κ3) is 6.09. The van der Waals surface area contributed by atoms with E-state index in [1.54, 1.807) is 13.2 Å². The Morgan fingerprint density at radius 3 is 2.46 bits per heavy atom. The Bertz CT molecular complexity index is 795. The number of benzene rings is 2. The first kappa shape index (κ1) is 19.2. The number of anilines is 1. The van der Waals surface area contributed by atoms with Gasteiger partial charge in [0.2, 0.25) is 11.8 Å². The Morgan fingerprint density at radius 1 is 1.08 bits per heavy atom. The monoisotopic (exact) mass is 352 g/mol. The van der Waals surface area contributed by atoms with E-state index in [1.807, 2.05) is 56.3 Å². The van der Waals surface area contributed by atoms with Crippen LogP contribution in [0.15, 0.2) is 48.5 Å². The second-order valence-electron chi connectivity index (χ2n) is 6.01. The molecule has 0 aliphatic heterocycles. The number of nitrogens with one attached hydrogen (secondary N) is 2. The first-order valence-electron chi connectivity index (χ1n) is 8.45. The van der Waals surface area contributed by atoms with Gasteiger partial charge in [-0.25, -0.2) is 0 Å². The van der Waals surface area contributed by atoms with E-state index >= 15 is 0 Å². The third-order valence-electron chi connectivity index (χ3n) is 3.85. The summed E-state index contributed by atoms with van der Waals surface area (Å²) in [7, 11) is 1.61. The molecular formula is C21H24N2O3. The van der Waals surface area contributed by atoms with Gasteiger partial charge in [-0.2, -0.15) is 0 Å². The molecule has 0 radical (unpaired) electrons. The number of hydrogen-bond donors (Lipinski definition) is 2. The van der Waals surface area contributed by atoms with Gasteiger partial charge in [-0.15, -0.1) is 0 Å². The van der Waals surface area contributed by atoms with Crippen LogP contribution in [0.25, 0.3) is 6.08 Å². The Hall–Kier alpha value is -3.08. The first-order valence-corrected chi connectivity index (χ1v) is 8.45. The fourth-order valence-corrected chi connectivity index (χ4v) is 2.41. The zero-order valence-electron chi connectivity index (χ0n) is 15.3. The summed E-state index contributed by atoms with van der Waals surface area (Å²) in [4.78, 5) is 23.8. The number of hydrogen-bond acceptors (Lipinski definition) is 3. The fraction of sp³-hybridized carbons (Fsp3) is 0.238. The zero-order valence-corrected chi connectivity index (χ0v) is 15.3. The number of aryl methyl sites for hydroxylation is 2. The Kier molecular flexibility index (Phi) is 6.97. The molecule has 2 aromatic carbocycles. The van der Waals surface area contributed by atoms with Gasteiger partial charge in [0, 0.05) is 24.7 Å². The van der Waals surface area contributed by atoms with Crippen LogP contribution in [-0.4, -0.2) is 25.5 Å². The summed E-state index contributed by atoms with van der Waals surface area (Å²) < 4.78 is 5.08. The van der Waals surface area contributed by atoms with Crippen LogP contribution < -0.4 is 15.4 Å². The minimum absolute atomic E-state index is 0.128. The lowest BCUT2D eigenvalue weighted by molar-refractivity contribution is -0.117. The molecule has 0 heterocycles. The SMILES string of the molecule is COc1ccc(C=CC(=O)NCCC(=O)Nc2ccc(C)cc2C)cc1. The molecule has 0 spiro atoms. The highest BCUT2D eigenvalue weighted by molar-refractivity contribution is 5.94. The topological polar surface area (TPSA) is 67.4 Å². The van der Waals surface area contributed by atoms with Gasteiger partial charge in [-0.05, 0) is 49.2 Å². The van der Waals surface area contributed by atoms with Gasteiger partial charge in [0.1, 0.15) is 5.75 Å². The van der Waals surface area contributed by atoms with E-state index in [9.17, 15) is 9.59 Å². The molecule has 2 aromatic rings. The number of carbonyl (C=O) groups is 2. The molecule has 5 heteroatoms. The lowest BCUT2D eigenvalue weighted by Crippen LogP contribution is -2.26. The van der Waals surface area contributed by atoms with E-state index in [0.29, 0.717) is 0 Å². The van der Waals surface area contributed by atoms with Crippen molar-refractivity contribution in [2.45, 2.75) is 20.3 Å². The molecule has 136 valence electrons. The number of rotatable bonds is 7. The largest absolute Gasteiger partial charge is 0.497 e. The molecule has 26 heavy (non-hydrogen) atoms. The second-order valence-corrected chi connectivity index (χ2v) is 6.01. The smallest absolute Gasteiger partial charge is 0.244 e. The molecule has 0 fully saturated rings. The quantitative estimate of drug-likeness (QED) is 0.750. The molecule has 0 saturated heterocycles. The molecule has 2 N–H and O–H groups in total. The van der Waals surface area contributed by atoms with Crippen molar-refractivity contribution in [3.8, 4) is 5.75 Å². The van der Waals surface area contributed by atoms with E-state index in [1.165, 1.54) is 6.08 Å². The predicted octanol–water partition coefficient (Wildman–Crippen LogP) is 3.47. The molecule has 0 aliphatic carbocycles. The molecule has 5 nitrogen and oxygen atoms in total. The summed E-state index contributed by atoms with van der Waals surface area (Å²) in [5, 5.41) is 5.56. The lowest BCUT2D eigenvalue weighted by atomic mass is 10.1. The van der Waals surface area contributed by atoms with E-state index in [0.717, 1.165) is 28.1 Å². The molecule has 0 unspecified atom stereocenters.